The van der Waals surface area contributed by atoms with Crippen LogP contribution in [0.3, 0.4) is 0 Å². The Morgan fingerprint density at radius 3 is 1.52 bits per heavy atom. The topological polar surface area (TPSA) is 0 Å². The van der Waals surface area contributed by atoms with Crippen molar-refractivity contribution >= 4 is 0 Å². The van der Waals surface area contributed by atoms with E-state index in [1.54, 1.807) is 0 Å². The second kappa shape index (κ2) is 9.87. The summed E-state index contributed by atoms with van der Waals surface area (Å²) in [4.78, 5) is 0. The predicted octanol–water partition coefficient (Wildman–Crippen LogP) is 6.32. The molecule has 1 aliphatic rings. The van der Waals surface area contributed by atoms with E-state index >= 15 is 0 Å². The molecule has 1 fully saturated rings. The van der Waals surface area contributed by atoms with Gasteiger partial charge < -0.3 is 4.48 Å². The van der Waals surface area contributed by atoms with Gasteiger partial charge in [-0.1, -0.05) is 58.3 Å². The maximum Gasteiger partial charge on any atom is 0.0907 e. The second-order valence-corrected chi connectivity index (χ2v) is 8.38. The number of nitrogens with zero attached hydrogens (tertiary/aromatic N) is 1. The maximum atomic E-state index is 2.45. The molecule has 0 N–H and O–H groups in total. The fourth-order valence-electron chi connectivity index (χ4n) is 4.07. The third-order valence-corrected chi connectivity index (χ3v) is 5.79. The monoisotopic (exact) mass is 296 g/mol. The molecule has 0 spiro atoms. The Balaban J connectivity index is 2.03. The molecule has 0 unspecified atom stereocenters. The average Bonchev–Trinajstić information content (AvgIpc) is 2.90. The molecule has 126 valence electrons. The summed E-state index contributed by atoms with van der Waals surface area (Å²) < 4.78 is 1.39. The smallest absolute Gasteiger partial charge is 0.0907 e. The number of quaternary nitrogens is 1. The van der Waals surface area contributed by atoms with Crippen LogP contribution in [0, 0.1) is 0 Å². The van der Waals surface area contributed by atoms with Crippen molar-refractivity contribution in [3.05, 3.63) is 0 Å². The summed E-state index contributed by atoms with van der Waals surface area (Å²) in [5.41, 5.74) is 0.454. The Morgan fingerprint density at radius 2 is 1.10 bits per heavy atom. The van der Waals surface area contributed by atoms with E-state index in [1.165, 1.54) is 101 Å². The zero-order chi connectivity index (χ0) is 15.6. The number of hydrogen-bond acceptors (Lipinski definition) is 0. The van der Waals surface area contributed by atoms with E-state index in [2.05, 4.69) is 27.7 Å². The van der Waals surface area contributed by atoms with Crippen LogP contribution in [0.15, 0.2) is 0 Å². The summed E-state index contributed by atoms with van der Waals surface area (Å²) in [6.45, 7) is 14.0. The van der Waals surface area contributed by atoms with Crippen LogP contribution in [0.2, 0.25) is 0 Å². The molecular weight excluding hydrogens is 254 g/mol. The highest BCUT2D eigenvalue weighted by Crippen LogP contribution is 2.32. The van der Waals surface area contributed by atoms with Crippen LogP contribution in [0.5, 0.6) is 0 Å². The van der Waals surface area contributed by atoms with E-state index in [4.69, 9.17) is 0 Å². The first kappa shape index (κ1) is 19.0. The van der Waals surface area contributed by atoms with Gasteiger partial charge in [-0.05, 0) is 33.6 Å². The summed E-state index contributed by atoms with van der Waals surface area (Å²) in [5.74, 6) is 0. The van der Waals surface area contributed by atoms with Crippen molar-refractivity contribution in [1.82, 2.24) is 0 Å². The van der Waals surface area contributed by atoms with Gasteiger partial charge in [-0.25, -0.2) is 0 Å². The Morgan fingerprint density at radius 1 is 0.667 bits per heavy atom. The molecule has 0 aromatic rings. The van der Waals surface area contributed by atoms with Gasteiger partial charge in [-0.15, -0.1) is 0 Å². The third kappa shape index (κ3) is 6.72. The molecule has 1 rings (SSSR count). The van der Waals surface area contributed by atoms with E-state index < -0.39 is 0 Å². The molecule has 0 aromatic heterocycles. The van der Waals surface area contributed by atoms with Gasteiger partial charge in [-0.2, -0.15) is 0 Å². The molecule has 1 heterocycles. The molecule has 0 atom stereocenters. The minimum atomic E-state index is 0.454. The molecular formula is C20H42N+. The summed E-state index contributed by atoms with van der Waals surface area (Å²) in [6, 6.07) is 0. The average molecular weight is 297 g/mol. The highest BCUT2D eigenvalue weighted by molar-refractivity contribution is 4.69. The second-order valence-electron chi connectivity index (χ2n) is 8.38. The minimum absolute atomic E-state index is 0.454. The Bertz CT molecular complexity index is 245. The summed E-state index contributed by atoms with van der Waals surface area (Å²) in [7, 11) is 0. The lowest BCUT2D eigenvalue weighted by Gasteiger charge is -2.46. The van der Waals surface area contributed by atoms with E-state index in [-0.39, 0.29) is 0 Å². The lowest BCUT2D eigenvalue weighted by molar-refractivity contribution is -0.960. The molecule has 1 heteroatoms. The fourth-order valence-corrected chi connectivity index (χ4v) is 4.07. The van der Waals surface area contributed by atoms with Crippen LogP contribution >= 0.6 is 0 Å². The normalized spacial score (nSPS) is 18.3. The van der Waals surface area contributed by atoms with Crippen molar-refractivity contribution in [2.24, 2.45) is 0 Å². The SMILES string of the molecule is CCCCCCCCCCCC[N+]1(C(C)(C)C)CCCC1. The van der Waals surface area contributed by atoms with Crippen molar-refractivity contribution in [1.29, 1.82) is 0 Å². The van der Waals surface area contributed by atoms with Gasteiger partial charge >= 0.3 is 0 Å². The van der Waals surface area contributed by atoms with Crippen molar-refractivity contribution in [3.63, 3.8) is 0 Å². The molecule has 0 saturated carbocycles. The lowest BCUT2D eigenvalue weighted by atomic mass is 10.0. The number of unbranched alkanes of at least 4 members (excludes halogenated alkanes) is 9. The lowest BCUT2D eigenvalue weighted by Crippen LogP contribution is -2.58. The van der Waals surface area contributed by atoms with Gasteiger partial charge in [0.1, 0.15) is 0 Å². The number of likely N-dealkylation sites (tertiary alicyclic amines) is 1. The molecule has 0 aliphatic carbocycles. The van der Waals surface area contributed by atoms with Crippen molar-refractivity contribution in [2.45, 2.75) is 110 Å². The minimum Gasteiger partial charge on any atom is -0.319 e. The molecule has 0 bridgehead atoms. The Hall–Kier alpha value is -0.0400. The molecule has 1 saturated heterocycles. The largest absolute Gasteiger partial charge is 0.319 e. The maximum absolute atomic E-state index is 2.45. The van der Waals surface area contributed by atoms with E-state index in [9.17, 15) is 0 Å². The van der Waals surface area contributed by atoms with Gasteiger partial charge in [0, 0.05) is 12.8 Å². The van der Waals surface area contributed by atoms with Crippen LogP contribution < -0.4 is 0 Å². The molecule has 0 amide bonds. The van der Waals surface area contributed by atoms with Gasteiger partial charge in [0.25, 0.3) is 0 Å². The van der Waals surface area contributed by atoms with Crippen LogP contribution in [-0.2, 0) is 0 Å². The summed E-state index contributed by atoms with van der Waals surface area (Å²) in [6.07, 6.45) is 17.5. The molecule has 0 aromatic carbocycles. The first-order valence-corrected chi connectivity index (χ1v) is 9.88. The van der Waals surface area contributed by atoms with Gasteiger partial charge in [0.05, 0.1) is 25.2 Å². The van der Waals surface area contributed by atoms with Crippen molar-refractivity contribution < 1.29 is 4.48 Å². The van der Waals surface area contributed by atoms with Crippen LogP contribution in [-0.4, -0.2) is 29.7 Å². The molecule has 21 heavy (non-hydrogen) atoms. The van der Waals surface area contributed by atoms with Crippen molar-refractivity contribution in [2.75, 3.05) is 19.6 Å². The first-order chi connectivity index (χ1) is 10.0. The van der Waals surface area contributed by atoms with E-state index in [1.807, 2.05) is 0 Å². The van der Waals surface area contributed by atoms with Crippen LogP contribution in [0.1, 0.15) is 105 Å². The zero-order valence-electron chi connectivity index (χ0n) is 15.6. The quantitative estimate of drug-likeness (QED) is 0.309. The molecule has 1 nitrogen and oxygen atoms in total. The Labute approximate surface area is 135 Å². The van der Waals surface area contributed by atoms with Crippen LogP contribution in [0.25, 0.3) is 0 Å². The molecule has 0 radical (unpaired) electrons. The summed E-state index contributed by atoms with van der Waals surface area (Å²) in [5, 5.41) is 0. The van der Waals surface area contributed by atoms with Crippen molar-refractivity contribution in [3.8, 4) is 0 Å². The highest BCUT2D eigenvalue weighted by Gasteiger charge is 2.41. The van der Waals surface area contributed by atoms with E-state index in [0.717, 1.165) is 0 Å². The number of rotatable bonds is 11. The van der Waals surface area contributed by atoms with Gasteiger partial charge in [0.2, 0.25) is 0 Å². The molecule has 1 aliphatic heterocycles. The van der Waals surface area contributed by atoms with Gasteiger partial charge in [-0.3, -0.25) is 0 Å². The van der Waals surface area contributed by atoms with E-state index in [0.29, 0.717) is 5.54 Å². The Kier molecular flexibility index (Phi) is 8.94. The fraction of sp³-hybridized carbons (Fsp3) is 1.00. The summed E-state index contributed by atoms with van der Waals surface area (Å²) >= 11 is 0. The standard InChI is InChI=1S/C20H42N/c1-5-6-7-8-9-10-11-12-13-14-17-21(20(2,3)4)18-15-16-19-21/h5-19H2,1-4H3/q+1. The van der Waals surface area contributed by atoms with Gasteiger partial charge in [0.15, 0.2) is 0 Å². The highest BCUT2D eigenvalue weighted by atomic mass is 15.4. The third-order valence-electron chi connectivity index (χ3n) is 5.79. The van der Waals surface area contributed by atoms with Crippen LogP contribution in [0.4, 0.5) is 0 Å². The predicted molar refractivity (Wildman–Crippen MR) is 95.7 cm³/mol. The first-order valence-electron chi connectivity index (χ1n) is 9.88. The zero-order valence-corrected chi connectivity index (χ0v) is 15.6. The number of hydrogen-bond donors (Lipinski definition) is 0.